The Labute approximate surface area is 122 Å². The van der Waals surface area contributed by atoms with Crippen LogP contribution in [0, 0.1) is 0 Å². The molecule has 2 rings (SSSR count). The summed E-state index contributed by atoms with van der Waals surface area (Å²) in [4.78, 5) is 24.7. The molecular formula is C14H18N2O3S. The number of carboxylic acids is 1. The first-order valence-electron chi connectivity index (χ1n) is 6.59. The minimum Gasteiger partial charge on any atom is -0.480 e. The first-order valence-corrected chi connectivity index (χ1v) is 7.74. The molecule has 1 heterocycles. The molecule has 1 fully saturated rings. The molecule has 2 amide bonds. The van der Waals surface area contributed by atoms with E-state index in [0.717, 1.165) is 12.2 Å². The van der Waals surface area contributed by atoms with Crippen molar-refractivity contribution in [3.63, 3.8) is 0 Å². The Hall–Kier alpha value is -1.69. The lowest BCUT2D eigenvalue weighted by molar-refractivity contribution is -0.141. The van der Waals surface area contributed by atoms with Crippen molar-refractivity contribution in [2.45, 2.75) is 19.4 Å². The second-order valence-corrected chi connectivity index (χ2v) is 5.75. The maximum atomic E-state index is 12.2. The quantitative estimate of drug-likeness (QED) is 0.897. The summed E-state index contributed by atoms with van der Waals surface area (Å²) in [6.07, 6.45) is 0.943. The molecule has 6 heteroatoms. The van der Waals surface area contributed by atoms with E-state index in [2.05, 4.69) is 12.2 Å². The van der Waals surface area contributed by atoms with E-state index < -0.39 is 12.0 Å². The number of carboxylic acid groups (broad SMARTS) is 1. The molecule has 20 heavy (non-hydrogen) atoms. The van der Waals surface area contributed by atoms with Crippen LogP contribution in [0.3, 0.4) is 0 Å². The van der Waals surface area contributed by atoms with Gasteiger partial charge < -0.3 is 15.3 Å². The molecule has 0 aromatic heterocycles. The standard InChI is InChI=1S/C14H18N2O3S/c1-2-10-3-5-11(6-4-10)15-14(19)16-7-8-20-9-12(16)13(17)18/h3-6,12H,2,7-9H2,1H3,(H,15,19)(H,17,18). The van der Waals surface area contributed by atoms with Crippen LogP contribution in [0.15, 0.2) is 24.3 Å². The minimum absolute atomic E-state index is 0.345. The highest BCUT2D eigenvalue weighted by molar-refractivity contribution is 7.99. The van der Waals surface area contributed by atoms with Gasteiger partial charge in [-0.05, 0) is 24.1 Å². The molecule has 1 saturated heterocycles. The fourth-order valence-corrected chi connectivity index (χ4v) is 3.11. The number of hydrogen-bond acceptors (Lipinski definition) is 3. The third-order valence-corrected chi connectivity index (χ3v) is 4.31. The molecule has 0 saturated carbocycles. The van der Waals surface area contributed by atoms with Gasteiger partial charge in [-0.15, -0.1) is 0 Å². The zero-order valence-corrected chi connectivity index (χ0v) is 12.2. The molecule has 1 aliphatic rings. The van der Waals surface area contributed by atoms with Crippen molar-refractivity contribution in [3.8, 4) is 0 Å². The Balaban J connectivity index is 2.03. The van der Waals surface area contributed by atoms with E-state index in [0.29, 0.717) is 18.0 Å². The largest absolute Gasteiger partial charge is 0.480 e. The molecule has 1 aromatic carbocycles. The number of aryl methyl sites for hydroxylation is 1. The molecule has 0 spiro atoms. The van der Waals surface area contributed by atoms with E-state index in [4.69, 9.17) is 5.11 Å². The number of carbonyl (C=O) groups excluding carboxylic acids is 1. The lowest BCUT2D eigenvalue weighted by Crippen LogP contribution is -2.51. The van der Waals surface area contributed by atoms with Crippen molar-refractivity contribution >= 4 is 29.4 Å². The van der Waals surface area contributed by atoms with Crippen molar-refractivity contribution < 1.29 is 14.7 Å². The highest BCUT2D eigenvalue weighted by Crippen LogP contribution is 2.18. The molecule has 0 bridgehead atoms. The summed E-state index contributed by atoms with van der Waals surface area (Å²) in [7, 11) is 0. The molecule has 1 aliphatic heterocycles. The Kier molecular flexibility index (Phi) is 4.89. The maximum Gasteiger partial charge on any atom is 0.327 e. The van der Waals surface area contributed by atoms with Gasteiger partial charge in [-0.3, -0.25) is 0 Å². The first kappa shape index (κ1) is 14.7. The van der Waals surface area contributed by atoms with Gasteiger partial charge in [0.1, 0.15) is 6.04 Å². The normalized spacial score (nSPS) is 18.6. The zero-order chi connectivity index (χ0) is 14.5. The summed E-state index contributed by atoms with van der Waals surface area (Å²) in [6, 6.07) is 6.49. The number of rotatable bonds is 3. The van der Waals surface area contributed by atoms with Crippen molar-refractivity contribution in [2.75, 3.05) is 23.4 Å². The van der Waals surface area contributed by atoms with E-state index >= 15 is 0 Å². The number of benzene rings is 1. The van der Waals surface area contributed by atoms with E-state index in [9.17, 15) is 9.59 Å². The van der Waals surface area contributed by atoms with Crippen LogP contribution in [0.2, 0.25) is 0 Å². The van der Waals surface area contributed by atoms with E-state index in [1.807, 2.05) is 24.3 Å². The lowest BCUT2D eigenvalue weighted by atomic mass is 10.1. The van der Waals surface area contributed by atoms with Gasteiger partial charge in [0.2, 0.25) is 0 Å². The summed E-state index contributed by atoms with van der Waals surface area (Å²) in [5, 5.41) is 11.9. The topological polar surface area (TPSA) is 69.6 Å². The monoisotopic (exact) mass is 294 g/mol. The van der Waals surface area contributed by atoms with Gasteiger partial charge in [0.15, 0.2) is 0 Å². The second-order valence-electron chi connectivity index (χ2n) is 4.60. The number of thioether (sulfide) groups is 1. The van der Waals surface area contributed by atoms with Crippen LogP contribution in [0.1, 0.15) is 12.5 Å². The van der Waals surface area contributed by atoms with Gasteiger partial charge in [0.05, 0.1) is 0 Å². The van der Waals surface area contributed by atoms with Crippen LogP contribution in [0.4, 0.5) is 10.5 Å². The SMILES string of the molecule is CCc1ccc(NC(=O)N2CCSCC2C(=O)O)cc1. The average molecular weight is 294 g/mol. The Morgan fingerprint density at radius 1 is 1.40 bits per heavy atom. The fourth-order valence-electron chi connectivity index (χ4n) is 2.07. The summed E-state index contributed by atoms with van der Waals surface area (Å²) in [5.74, 6) is 0.262. The number of hydrogen-bond donors (Lipinski definition) is 2. The number of anilines is 1. The maximum absolute atomic E-state index is 12.2. The number of carbonyl (C=O) groups is 2. The number of nitrogens with one attached hydrogen (secondary N) is 1. The molecule has 2 N–H and O–H groups in total. The van der Waals surface area contributed by atoms with Crippen molar-refractivity contribution in [3.05, 3.63) is 29.8 Å². The van der Waals surface area contributed by atoms with Crippen LogP contribution < -0.4 is 5.32 Å². The first-order chi connectivity index (χ1) is 9.61. The van der Waals surface area contributed by atoms with E-state index in [-0.39, 0.29) is 6.03 Å². The molecular weight excluding hydrogens is 276 g/mol. The molecule has 0 radical (unpaired) electrons. The van der Waals surface area contributed by atoms with E-state index in [1.165, 1.54) is 10.5 Å². The number of amides is 2. The highest BCUT2D eigenvalue weighted by Gasteiger charge is 2.32. The Morgan fingerprint density at radius 2 is 2.10 bits per heavy atom. The smallest absolute Gasteiger partial charge is 0.327 e. The zero-order valence-electron chi connectivity index (χ0n) is 11.3. The Morgan fingerprint density at radius 3 is 2.70 bits per heavy atom. The van der Waals surface area contributed by atoms with Crippen LogP contribution in [0.5, 0.6) is 0 Å². The molecule has 0 aliphatic carbocycles. The Bertz CT molecular complexity index is 490. The summed E-state index contributed by atoms with van der Waals surface area (Å²) >= 11 is 1.56. The number of nitrogens with zero attached hydrogens (tertiary/aromatic N) is 1. The molecule has 108 valence electrons. The molecule has 1 atom stereocenters. The summed E-state index contributed by atoms with van der Waals surface area (Å²) in [5.41, 5.74) is 1.88. The molecule has 5 nitrogen and oxygen atoms in total. The fraction of sp³-hybridized carbons (Fsp3) is 0.429. The van der Waals surface area contributed by atoms with Crippen LogP contribution in [-0.4, -0.2) is 46.1 Å². The van der Waals surface area contributed by atoms with Gasteiger partial charge >= 0.3 is 12.0 Å². The van der Waals surface area contributed by atoms with Gasteiger partial charge in [-0.1, -0.05) is 19.1 Å². The van der Waals surface area contributed by atoms with Crippen molar-refractivity contribution in [1.82, 2.24) is 4.90 Å². The molecule has 1 unspecified atom stereocenters. The van der Waals surface area contributed by atoms with Crippen LogP contribution >= 0.6 is 11.8 Å². The van der Waals surface area contributed by atoms with Crippen LogP contribution in [-0.2, 0) is 11.2 Å². The highest BCUT2D eigenvalue weighted by atomic mass is 32.2. The van der Waals surface area contributed by atoms with Gasteiger partial charge in [0.25, 0.3) is 0 Å². The second kappa shape index (κ2) is 6.65. The van der Waals surface area contributed by atoms with E-state index in [1.54, 1.807) is 11.8 Å². The van der Waals surface area contributed by atoms with Gasteiger partial charge in [-0.2, -0.15) is 11.8 Å². The lowest BCUT2D eigenvalue weighted by Gasteiger charge is -2.32. The predicted octanol–water partition coefficient (Wildman–Crippen LogP) is 2.28. The minimum atomic E-state index is -0.950. The van der Waals surface area contributed by atoms with Crippen molar-refractivity contribution in [1.29, 1.82) is 0 Å². The third kappa shape index (κ3) is 3.45. The molecule has 1 aromatic rings. The van der Waals surface area contributed by atoms with Crippen LogP contribution in [0.25, 0.3) is 0 Å². The average Bonchev–Trinajstić information content (AvgIpc) is 2.48. The van der Waals surface area contributed by atoms with Crippen molar-refractivity contribution in [2.24, 2.45) is 0 Å². The summed E-state index contributed by atoms with van der Waals surface area (Å²) in [6.45, 7) is 2.52. The van der Waals surface area contributed by atoms with Gasteiger partial charge in [-0.25, -0.2) is 9.59 Å². The third-order valence-electron chi connectivity index (χ3n) is 3.29. The number of aliphatic carboxylic acids is 1. The number of urea groups is 1. The summed E-state index contributed by atoms with van der Waals surface area (Å²) < 4.78 is 0. The van der Waals surface area contributed by atoms with Gasteiger partial charge in [0, 0.05) is 23.7 Å². The predicted molar refractivity (Wildman–Crippen MR) is 80.3 cm³/mol.